The topological polar surface area (TPSA) is 62.2 Å². The van der Waals surface area contributed by atoms with E-state index in [4.69, 9.17) is 0 Å². The highest BCUT2D eigenvalue weighted by Gasteiger charge is 2.41. The van der Waals surface area contributed by atoms with E-state index in [2.05, 4.69) is 25.9 Å². The Morgan fingerprint density at radius 3 is 2.96 bits per heavy atom. The molecule has 0 spiro atoms. The number of carbonyl (C=O) groups excluding carboxylic acids is 1. The van der Waals surface area contributed by atoms with Gasteiger partial charge in [-0.15, -0.1) is 11.3 Å². The third-order valence-corrected chi connectivity index (χ3v) is 6.21. The molecule has 3 saturated heterocycles. The minimum absolute atomic E-state index is 0.0288. The Morgan fingerprint density at radius 2 is 2.08 bits per heavy atom. The van der Waals surface area contributed by atoms with Crippen molar-refractivity contribution < 1.29 is 4.79 Å². The monoisotopic (exact) mass is 365 g/mol. The Labute approximate surface area is 155 Å². The summed E-state index contributed by atoms with van der Waals surface area (Å²) in [6, 6.07) is 8.15. The maximum Gasteiger partial charge on any atom is 0.228 e. The lowest BCUT2D eigenvalue weighted by Gasteiger charge is -2.35. The molecule has 6 rings (SSSR count). The lowest BCUT2D eigenvalue weighted by atomic mass is 9.94. The molecule has 3 aliphatic rings. The first-order valence-electron chi connectivity index (χ1n) is 8.93. The summed E-state index contributed by atoms with van der Waals surface area (Å²) < 4.78 is 0. The maximum absolute atomic E-state index is 13.0. The van der Waals surface area contributed by atoms with Gasteiger partial charge in [0.25, 0.3) is 0 Å². The highest BCUT2D eigenvalue weighted by atomic mass is 32.1. The first kappa shape index (κ1) is 15.7. The van der Waals surface area contributed by atoms with E-state index in [1.165, 1.54) is 0 Å². The van der Waals surface area contributed by atoms with Gasteiger partial charge in [-0.1, -0.05) is 6.07 Å². The molecule has 3 aliphatic heterocycles. The van der Waals surface area contributed by atoms with Crippen LogP contribution >= 0.6 is 11.3 Å². The largest absolute Gasteiger partial charge is 0.353 e. The molecule has 132 valence electrons. The fourth-order valence-corrected chi connectivity index (χ4v) is 4.84. The van der Waals surface area contributed by atoms with Crippen molar-refractivity contribution in [2.24, 2.45) is 5.92 Å². The van der Waals surface area contributed by atoms with E-state index in [9.17, 15) is 4.79 Å². The van der Waals surface area contributed by atoms with Gasteiger partial charge in [0.05, 0.1) is 23.5 Å². The highest BCUT2D eigenvalue weighted by Crippen LogP contribution is 2.34. The third kappa shape index (κ3) is 2.63. The second-order valence-electron chi connectivity index (χ2n) is 6.96. The second kappa shape index (κ2) is 6.32. The first-order chi connectivity index (χ1) is 12.8. The summed E-state index contributed by atoms with van der Waals surface area (Å²) >= 11 is 1.63. The van der Waals surface area contributed by atoms with Crippen molar-refractivity contribution in [1.82, 2.24) is 19.9 Å². The predicted octanol–water partition coefficient (Wildman–Crippen LogP) is 2.71. The van der Waals surface area contributed by atoms with Gasteiger partial charge < -0.3 is 9.80 Å². The van der Waals surface area contributed by atoms with Gasteiger partial charge in [-0.25, -0.2) is 9.97 Å². The van der Waals surface area contributed by atoms with Crippen LogP contribution in [0.25, 0.3) is 10.2 Å². The Kier molecular flexibility index (Phi) is 3.81. The molecule has 0 saturated carbocycles. The number of hydrogen-bond donors (Lipinski definition) is 0. The molecule has 3 aromatic rings. The van der Waals surface area contributed by atoms with Crippen molar-refractivity contribution in [3.05, 3.63) is 47.9 Å². The van der Waals surface area contributed by atoms with Gasteiger partial charge in [0, 0.05) is 25.3 Å². The molecule has 6 nitrogen and oxygen atoms in total. The molecule has 0 aromatic carbocycles. The normalized spacial score (nSPS) is 22.8. The number of nitrogens with zero attached hydrogens (tertiary/aromatic N) is 5. The van der Waals surface area contributed by atoms with Crippen LogP contribution in [0.2, 0.25) is 0 Å². The van der Waals surface area contributed by atoms with Crippen molar-refractivity contribution in [2.45, 2.75) is 25.4 Å². The fourth-order valence-electron chi connectivity index (χ4n) is 4.12. The second-order valence-corrected chi connectivity index (χ2v) is 7.85. The van der Waals surface area contributed by atoms with Crippen LogP contribution in [0, 0.1) is 5.92 Å². The number of pyridine rings is 1. The number of carbonyl (C=O) groups is 1. The molecule has 3 fully saturated rings. The van der Waals surface area contributed by atoms with Crippen LogP contribution < -0.4 is 4.90 Å². The van der Waals surface area contributed by atoms with E-state index in [-0.39, 0.29) is 17.9 Å². The number of fused-ring (bicyclic) bond motifs is 5. The summed E-state index contributed by atoms with van der Waals surface area (Å²) in [4.78, 5) is 31.7. The lowest BCUT2D eigenvalue weighted by Crippen LogP contribution is -2.47. The standard InChI is InChI=1S/C19H19N5OS/c25-19-13-4-5-15(24(19)10-14-3-1-2-7-20-14)11-23(9-13)17-16-6-8-26-18(16)22-12-21-17/h1-3,6-8,12-13,15H,4-5,9-11H2. The zero-order valence-corrected chi connectivity index (χ0v) is 15.1. The van der Waals surface area contributed by atoms with Crippen molar-refractivity contribution in [1.29, 1.82) is 0 Å². The predicted molar refractivity (Wildman–Crippen MR) is 101 cm³/mol. The molecular weight excluding hydrogens is 346 g/mol. The van der Waals surface area contributed by atoms with Crippen molar-refractivity contribution >= 4 is 33.3 Å². The maximum atomic E-state index is 13.0. The minimum atomic E-state index is 0.0288. The number of aromatic nitrogens is 3. The summed E-state index contributed by atoms with van der Waals surface area (Å²) in [6.45, 7) is 2.14. The SMILES string of the molecule is O=C1C2CCC(CN(c3ncnc4sccc34)C2)N1Cc1ccccn1. The molecular formula is C19H19N5OS. The van der Waals surface area contributed by atoms with Gasteiger partial charge in [0.15, 0.2) is 0 Å². The van der Waals surface area contributed by atoms with Crippen molar-refractivity contribution in [3.63, 3.8) is 0 Å². The molecule has 6 heterocycles. The van der Waals surface area contributed by atoms with Crippen LogP contribution in [0.4, 0.5) is 5.82 Å². The number of thiophene rings is 1. The summed E-state index contributed by atoms with van der Waals surface area (Å²) in [5.74, 6) is 1.24. The van der Waals surface area contributed by atoms with Gasteiger partial charge >= 0.3 is 0 Å². The van der Waals surface area contributed by atoms with E-state index in [0.29, 0.717) is 6.54 Å². The lowest BCUT2D eigenvalue weighted by molar-refractivity contribution is -0.140. The van der Waals surface area contributed by atoms with Crippen LogP contribution in [0.15, 0.2) is 42.2 Å². The van der Waals surface area contributed by atoms with Gasteiger partial charge in [0.2, 0.25) is 5.91 Å². The van der Waals surface area contributed by atoms with E-state index in [0.717, 1.165) is 47.7 Å². The summed E-state index contributed by atoms with van der Waals surface area (Å²) in [5.41, 5.74) is 0.946. The third-order valence-electron chi connectivity index (χ3n) is 5.39. The van der Waals surface area contributed by atoms with Crippen LogP contribution in [0.1, 0.15) is 18.5 Å². The molecule has 1 amide bonds. The highest BCUT2D eigenvalue weighted by molar-refractivity contribution is 7.16. The van der Waals surface area contributed by atoms with Gasteiger partial charge in [0.1, 0.15) is 17.0 Å². The summed E-state index contributed by atoms with van der Waals surface area (Å²) in [7, 11) is 0. The zero-order chi connectivity index (χ0) is 17.5. The average molecular weight is 365 g/mol. The quantitative estimate of drug-likeness (QED) is 0.714. The Morgan fingerprint density at radius 1 is 1.12 bits per heavy atom. The van der Waals surface area contributed by atoms with E-state index in [1.807, 2.05) is 28.5 Å². The van der Waals surface area contributed by atoms with Gasteiger partial charge in [-0.2, -0.15) is 0 Å². The summed E-state index contributed by atoms with van der Waals surface area (Å²) in [5, 5.41) is 3.14. The zero-order valence-electron chi connectivity index (χ0n) is 14.3. The Hall–Kier alpha value is -2.54. The molecule has 0 aliphatic carbocycles. The molecule has 0 radical (unpaired) electrons. The first-order valence-corrected chi connectivity index (χ1v) is 9.81. The van der Waals surface area contributed by atoms with Crippen LogP contribution in [0.3, 0.4) is 0 Å². The molecule has 3 aromatic heterocycles. The van der Waals surface area contributed by atoms with E-state index >= 15 is 0 Å². The number of anilines is 1. The molecule has 7 heteroatoms. The number of amides is 1. The molecule has 2 atom stereocenters. The molecule has 2 bridgehead atoms. The van der Waals surface area contributed by atoms with Gasteiger partial charge in [-0.3, -0.25) is 9.78 Å². The molecule has 26 heavy (non-hydrogen) atoms. The van der Waals surface area contributed by atoms with E-state index < -0.39 is 0 Å². The molecule has 0 N–H and O–H groups in total. The average Bonchev–Trinajstić information content (AvgIpc) is 3.00. The van der Waals surface area contributed by atoms with Crippen LogP contribution in [-0.2, 0) is 11.3 Å². The smallest absolute Gasteiger partial charge is 0.228 e. The number of piperidine rings is 1. The number of hydrogen-bond acceptors (Lipinski definition) is 6. The minimum Gasteiger partial charge on any atom is -0.353 e. The van der Waals surface area contributed by atoms with Crippen molar-refractivity contribution in [3.8, 4) is 0 Å². The fraction of sp³-hybridized carbons (Fsp3) is 0.368. The Bertz CT molecular complexity index is 943. The van der Waals surface area contributed by atoms with Crippen LogP contribution in [0.5, 0.6) is 0 Å². The number of rotatable bonds is 3. The van der Waals surface area contributed by atoms with Crippen LogP contribution in [-0.4, -0.2) is 44.9 Å². The summed E-state index contributed by atoms with van der Waals surface area (Å²) in [6.07, 6.45) is 5.42. The molecule has 2 unspecified atom stereocenters. The van der Waals surface area contributed by atoms with Crippen molar-refractivity contribution in [2.75, 3.05) is 18.0 Å². The van der Waals surface area contributed by atoms with Gasteiger partial charge in [-0.05, 0) is 36.4 Å². The van der Waals surface area contributed by atoms with E-state index in [1.54, 1.807) is 23.9 Å². The Balaban J connectivity index is 1.46.